The second kappa shape index (κ2) is 15.5. The van der Waals surface area contributed by atoms with Gasteiger partial charge in [0.05, 0.1) is 5.56 Å². The first-order chi connectivity index (χ1) is 16.0. The molecular formula is C28H38O4S. The molecule has 0 saturated carbocycles. The summed E-state index contributed by atoms with van der Waals surface area (Å²) in [7, 11) is 0. The molecule has 0 aliphatic heterocycles. The summed E-state index contributed by atoms with van der Waals surface area (Å²) in [6, 6.07) is 13.8. The molecule has 0 spiro atoms. The van der Waals surface area contributed by atoms with Crippen molar-refractivity contribution in [2.45, 2.75) is 100 Å². The smallest absolute Gasteiger partial charge is 0.335 e. The van der Waals surface area contributed by atoms with Crippen LogP contribution in [0.3, 0.4) is 0 Å². The van der Waals surface area contributed by atoms with E-state index < -0.39 is 11.9 Å². The van der Waals surface area contributed by atoms with Gasteiger partial charge >= 0.3 is 11.9 Å². The zero-order chi connectivity index (χ0) is 23.9. The van der Waals surface area contributed by atoms with Crippen LogP contribution in [0.4, 0.5) is 0 Å². The summed E-state index contributed by atoms with van der Waals surface area (Å²) in [6.07, 6.45) is 13.9. The van der Waals surface area contributed by atoms with Gasteiger partial charge in [0, 0.05) is 16.2 Å². The molecular weight excluding hydrogens is 432 g/mol. The lowest BCUT2D eigenvalue weighted by atomic mass is 10.0. The van der Waals surface area contributed by atoms with Crippen LogP contribution in [0.15, 0.2) is 52.3 Å². The first-order valence-electron chi connectivity index (χ1n) is 12.3. The third-order valence-electron chi connectivity index (χ3n) is 5.87. The molecule has 0 unspecified atom stereocenters. The molecule has 0 aliphatic carbocycles. The minimum Gasteiger partial charge on any atom is -0.481 e. The highest BCUT2D eigenvalue weighted by Gasteiger charge is 2.09. The maximum atomic E-state index is 11.1. The Labute approximate surface area is 202 Å². The number of carboxylic acids is 2. The van der Waals surface area contributed by atoms with Crippen molar-refractivity contribution >= 4 is 23.7 Å². The Morgan fingerprint density at radius 1 is 0.758 bits per heavy atom. The van der Waals surface area contributed by atoms with E-state index in [9.17, 15) is 9.59 Å². The lowest BCUT2D eigenvalue weighted by molar-refractivity contribution is -0.137. The minimum atomic E-state index is -0.912. The summed E-state index contributed by atoms with van der Waals surface area (Å²) < 4.78 is 0. The summed E-state index contributed by atoms with van der Waals surface area (Å²) in [6.45, 7) is 2.25. The fourth-order valence-corrected chi connectivity index (χ4v) is 4.94. The van der Waals surface area contributed by atoms with Crippen molar-refractivity contribution in [1.29, 1.82) is 0 Å². The first kappa shape index (κ1) is 27.0. The van der Waals surface area contributed by atoms with Gasteiger partial charge in [-0.05, 0) is 73.6 Å². The normalized spacial score (nSPS) is 10.9. The van der Waals surface area contributed by atoms with Crippen LogP contribution in [0.2, 0.25) is 0 Å². The van der Waals surface area contributed by atoms with Crippen molar-refractivity contribution in [3.8, 4) is 0 Å². The third-order valence-corrected chi connectivity index (χ3v) is 6.97. The van der Waals surface area contributed by atoms with E-state index in [1.54, 1.807) is 23.9 Å². The molecule has 2 rings (SSSR count). The number of aromatic carboxylic acids is 1. The SMILES string of the molecule is CCCCCCCCCc1ccc(CCCCCC(=O)O)c(Sc2ccc(C(=O)O)cc2)c1. The van der Waals surface area contributed by atoms with Crippen molar-refractivity contribution in [2.24, 2.45) is 0 Å². The topological polar surface area (TPSA) is 74.6 Å². The van der Waals surface area contributed by atoms with Crippen LogP contribution in [-0.4, -0.2) is 22.2 Å². The van der Waals surface area contributed by atoms with Gasteiger partial charge in [0.2, 0.25) is 0 Å². The molecule has 4 nitrogen and oxygen atoms in total. The molecule has 0 aliphatic rings. The second-order valence-electron chi connectivity index (χ2n) is 8.70. The number of aryl methyl sites for hydroxylation is 2. The van der Waals surface area contributed by atoms with E-state index in [-0.39, 0.29) is 6.42 Å². The maximum absolute atomic E-state index is 11.1. The fraction of sp³-hybridized carbons (Fsp3) is 0.500. The van der Waals surface area contributed by atoms with Crippen LogP contribution >= 0.6 is 11.8 Å². The van der Waals surface area contributed by atoms with Gasteiger partial charge in [-0.1, -0.05) is 75.8 Å². The Balaban J connectivity index is 1.99. The van der Waals surface area contributed by atoms with Crippen molar-refractivity contribution in [3.05, 3.63) is 59.2 Å². The maximum Gasteiger partial charge on any atom is 0.335 e. The van der Waals surface area contributed by atoms with Gasteiger partial charge in [0.15, 0.2) is 0 Å². The molecule has 0 saturated heterocycles. The quantitative estimate of drug-likeness (QED) is 0.229. The predicted molar refractivity (Wildman–Crippen MR) is 135 cm³/mol. The van der Waals surface area contributed by atoms with E-state index in [1.807, 2.05) is 12.1 Å². The van der Waals surface area contributed by atoms with E-state index >= 15 is 0 Å². The number of aliphatic carboxylic acids is 1. The molecule has 0 amide bonds. The van der Waals surface area contributed by atoms with Crippen molar-refractivity contribution in [1.82, 2.24) is 0 Å². The number of benzene rings is 2. The van der Waals surface area contributed by atoms with E-state index in [4.69, 9.17) is 10.2 Å². The van der Waals surface area contributed by atoms with Crippen molar-refractivity contribution in [2.75, 3.05) is 0 Å². The number of carboxylic acid groups (broad SMARTS) is 2. The average molecular weight is 471 g/mol. The van der Waals surface area contributed by atoms with E-state index in [0.29, 0.717) is 12.0 Å². The summed E-state index contributed by atoms with van der Waals surface area (Å²) in [5, 5.41) is 18.0. The molecule has 0 atom stereocenters. The van der Waals surface area contributed by atoms with Gasteiger partial charge in [0.1, 0.15) is 0 Å². The summed E-state index contributed by atoms with van der Waals surface area (Å²) in [5.41, 5.74) is 2.93. The van der Waals surface area contributed by atoms with E-state index in [0.717, 1.165) is 30.6 Å². The Bertz CT molecular complexity index is 861. The Kier molecular flexibility index (Phi) is 12.7. The van der Waals surface area contributed by atoms with Crippen LogP contribution in [0.25, 0.3) is 0 Å². The first-order valence-corrected chi connectivity index (χ1v) is 13.2. The van der Waals surface area contributed by atoms with Gasteiger partial charge in [-0.25, -0.2) is 4.79 Å². The number of carbonyl (C=O) groups is 2. The molecule has 0 heterocycles. The molecule has 2 aromatic rings. The average Bonchev–Trinajstić information content (AvgIpc) is 2.79. The largest absolute Gasteiger partial charge is 0.481 e. The van der Waals surface area contributed by atoms with Gasteiger partial charge < -0.3 is 10.2 Å². The lowest BCUT2D eigenvalue weighted by Gasteiger charge is -2.12. The number of rotatable bonds is 17. The standard InChI is InChI=1S/C28H38O4S/c1-2-3-4-5-6-7-9-12-22-15-16-23(13-10-8-11-14-27(29)30)26(21-22)33-25-19-17-24(18-20-25)28(31)32/h15-21H,2-14H2,1H3,(H,29,30)(H,31,32). The zero-order valence-electron chi connectivity index (χ0n) is 19.9. The van der Waals surface area contributed by atoms with Crippen LogP contribution in [0.1, 0.15) is 99.0 Å². The highest BCUT2D eigenvalue weighted by molar-refractivity contribution is 7.99. The zero-order valence-corrected chi connectivity index (χ0v) is 20.7. The number of unbranched alkanes of at least 4 members (excludes halogenated alkanes) is 8. The summed E-state index contributed by atoms with van der Waals surface area (Å²) >= 11 is 1.68. The lowest BCUT2D eigenvalue weighted by Crippen LogP contribution is -1.96. The second-order valence-corrected chi connectivity index (χ2v) is 9.81. The molecule has 33 heavy (non-hydrogen) atoms. The predicted octanol–water partition coefficient (Wildman–Crippen LogP) is 8.02. The highest BCUT2D eigenvalue weighted by Crippen LogP contribution is 2.33. The van der Waals surface area contributed by atoms with Gasteiger partial charge in [-0.2, -0.15) is 0 Å². The Hall–Kier alpha value is -2.27. The van der Waals surface area contributed by atoms with Gasteiger partial charge in [-0.3, -0.25) is 4.79 Å². The van der Waals surface area contributed by atoms with Crippen molar-refractivity contribution in [3.63, 3.8) is 0 Å². The van der Waals surface area contributed by atoms with Crippen LogP contribution in [0, 0.1) is 0 Å². The molecule has 0 bridgehead atoms. The molecule has 0 fully saturated rings. The molecule has 2 N–H and O–H groups in total. The summed E-state index contributed by atoms with van der Waals surface area (Å²) in [4.78, 5) is 24.1. The van der Waals surface area contributed by atoms with Crippen molar-refractivity contribution < 1.29 is 19.8 Å². The third kappa shape index (κ3) is 10.9. The number of hydrogen-bond acceptors (Lipinski definition) is 3. The molecule has 0 radical (unpaired) electrons. The minimum absolute atomic E-state index is 0.231. The monoisotopic (exact) mass is 470 g/mol. The van der Waals surface area contributed by atoms with E-state index in [1.165, 1.54) is 61.0 Å². The van der Waals surface area contributed by atoms with E-state index in [2.05, 4.69) is 25.1 Å². The van der Waals surface area contributed by atoms with Crippen LogP contribution in [-0.2, 0) is 17.6 Å². The van der Waals surface area contributed by atoms with Crippen LogP contribution < -0.4 is 0 Å². The van der Waals surface area contributed by atoms with Gasteiger partial charge in [0.25, 0.3) is 0 Å². The molecule has 5 heteroatoms. The fourth-order valence-electron chi connectivity index (χ4n) is 3.90. The Morgan fingerprint density at radius 2 is 1.39 bits per heavy atom. The molecule has 0 aromatic heterocycles. The van der Waals surface area contributed by atoms with Gasteiger partial charge in [-0.15, -0.1) is 0 Å². The molecule has 2 aromatic carbocycles. The highest BCUT2D eigenvalue weighted by atomic mass is 32.2. The molecule has 180 valence electrons. The number of hydrogen-bond donors (Lipinski definition) is 2. The van der Waals surface area contributed by atoms with Crippen LogP contribution in [0.5, 0.6) is 0 Å². The summed E-state index contributed by atoms with van der Waals surface area (Å²) in [5.74, 6) is -1.64. The Morgan fingerprint density at radius 3 is 2.06 bits per heavy atom.